The van der Waals surface area contributed by atoms with Crippen LogP contribution in [0.2, 0.25) is 0 Å². The highest BCUT2D eigenvalue weighted by atomic mass is 16.2. The topological polar surface area (TPSA) is 80.2 Å². The van der Waals surface area contributed by atoms with Crippen LogP contribution < -0.4 is 0 Å². The number of hydrogen-bond donors (Lipinski definition) is 1. The molecule has 2 heterocycles. The highest BCUT2D eigenvalue weighted by Crippen LogP contribution is 2.32. The summed E-state index contributed by atoms with van der Waals surface area (Å²) in [7, 11) is 3.51. The number of nitriles is 1. The van der Waals surface area contributed by atoms with E-state index < -0.39 is 5.41 Å². The minimum Gasteiger partial charge on any atom is -0.356 e. The summed E-state index contributed by atoms with van der Waals surface area (Å²) in [6.07, 6.45) is 2.83. The van der Waals surface area contributed by atoms with E-state index in [1.807, 2.05) is 13.0 Å². The Balaban J connectivity index is 2.02. The van der Waals surface area contributed by atoms with E-state index in [1.165, 1.54) is 6.20 Å². The largest absolute Gasteiger partial charge is 0.356 e. The Labute approximate surface area is 124 Å². The first kappa shape index (κ1) is 15.1. The van der Waals surface area contributed by atoms with E-state index in [0.717, 1.165) is 0 Å². The van der Waals surface area contributed by atoms with Gasteiger partial charge in [0.2, 0.25) is 5.91 Å². The van der Waals surface area contributed by atoms with Crippen molar-refractivity contribution in [3.05, 3.63) is 23.5 Å². The molecule has 1 aliphatic rings. The molecular weight excluding hydrogens is 268 g/mol. The summed E-state index contributed by atoms with van der Waals surface area (Å²) in [5, 5.41) is 8.79. The van der Waals surface area contributed by atoms with Gasteiger partial charge in [-0.05, 0) is 18.9 Å². The zero-order valence-electron chi connectivity index (χ0n) is 12.6. The van der Waals surface area contributed by atoms with Gasteiger partial charge < -0.3 is 14.8 Å². The molecule has 0 unspecified atom stereocenters. The van der Waals surface area contributed by atoms with Crippen molar-refractivity contribution in [3.63, 3.8) is 0 Å². The van der Waals surface area contributed by atoms with Crippen molar-refractivity contribution in [1.82, 2.24) is 14.8 Å². The molecule has 21 heavy (non-hydrogen) atoms. The lowest BCUT2D eigenvalue weighted by Crippen LogP contribution is -2.48. The van der Waals surface area contributed by atoms with E-state index in [0.29, 0.717) is 37.2 Å². The predicted molar refractivity (Wildman–Crippen MR) is 77.4 cm³/mol. The lowest BCUT2D eigenvalue weighted by Gasteiger charge is -2.39. The van der Waals surface area contributed by atoms with Crippen molar-refractivity contribution in [2.24, 2.45) is 5.41 Å². The highest BCUT2D eigenvalue weighted by molar-refractivity contribution is 5.93. The second-order valence-electron chi connectivity index (χ2n) is 5.97. The van der Waals surface area contributed by atoms with Crippen LogP contribution in [0.25, 0.3) is 0 Å². The van der Waals surface area contributed by atoms with Crippen LogP contribution in [0, 0.1) is 16.7 Å². The second kappa shape index (κ2) is 5.60. The summed E-state index contributed by atoms with van der Waals surface area (Å²) in [6.45, 7) is 3.06. The van der Waals surface area contributed by atoms with Crippen molar-refractivity contribution in [1.29, 1.82) is 5.26 Å². The van der Waals surface area contributed by atoms with Gasteiger partial charge in [0.15, 0.2) is 0 Å². The molecule has 0 aromatic carbocycles. The van der Waals surface area contributed by atoms with Crippen molar-refractivity contribution < 1.29 is 9.59 Å². The third-order valence-electron chi connectivity index (χ3n) is 4.12. The SMILES string of the molecule is CN(C)C(=O)C1(C)CCN(C(=O)c2cc(C#N)c[nH]2)CC1. The molecule has 1 aromatic heterocycles. The van der Waals surface area contributed by atoms with E-state index in [9.17, 15) is 9.59 Å². The molecule has 1 aliphatic heterocycles. The Morgan fingerprint density at radius 2 is 2.00 bits per heavy atom. The van der Waals surface area contributed by atoms with Crippen molar-refractivity contribution in [3.8, 4) is 6.07 Å². The first-order valence-electron chi connectivity index (χ1n) is 6.97. The van der Waals surface area contributed by atoms with Gasteiger partial charge in [-0.15, -0.1) is 0 Å². The second-order valence-corrected chi connectivity index (χ2v) is 5.97. The number of nitrogens with one attached hydrogen (secondary N) is 1. The molecule has 2 amide bonds. The number of hydrogen-bond acceptors (Lipinski definition) is 3. The number of piperidine rings is 1. The fraction of sp³-hybridized carbons (Fsp3) is 0.533. The number of aromatic amines is 1. The molecule has 1 aromatic rings. The average molecular weight is 288 g/mol. The molecule has 0 atom stereocenters. The molecule has 1 saturated heterocycles. The number of amides is 2. The lowest BCUT2D eigenvalue weighted by atomic mass is 9.79. The number of likely N-dealkylation sites (tertiary alicyclic amines) is 1. The molecule has 0 bridgehead atoms. The lowest BCUT2D eigenvalue weighted by molar-refractivity contribution is -0.140. The minimum absolute atomic E-state index is 0.112. The molecule has 112 valence electrons. The maximum Gasteiger partial charge on any atom is 0.270 e. The molecule has 2 rings (SSSR count). The number of aromatic nitrogens is 1. The molecule has 1 N–H and O–H groups in total. The molecule has 1 fully saturated rings. The van der Waals surface area contributed by atoms with Gasteiger partial charge in [0.1, 0.15) is 11.8 Å². The molecule has 0 aliphatic carbocycles. The summed E-state index contributed by atoms with van der Waals surface area (Å²) >= 11 is 0. The van der Waals surface area contributed by atoms with Crippen molar-refractivity contribution >= 4 is 11.8 Å². The zero-order valence-corrected chi connectivity index (χ0v) is 12.6. The number of H-pyrrole nitrogens is 1. The van der Waals surface area contributed by atoms with Crippen LogP contribution in [-0.2, 0) is 4.79 Å². The number of nitrogens with zero attached hydrogens (tertiary/aromatic N) is 3. The van der Waals surface area contributed by atoms with Crippen molar-refractivity contribution in [2.45, 2.75) is 19.8 Å². The molecule has 0 spiro atoms. The summed E-state index contributed by atoms with van der Waals surface area (Å²) in [4.78, 5) is 30.7. The van der Waals surface area contributed by atoms with E-state index in [-0.39, 0.29) is 11.8 Å². The first-order chi connectivity index (χ1) is 9.87. The quantitative estimate of drug-likeness (QED) is 0.888. The van der Waals surface area contributed by atoms with Crippen LogP contribution in [-0.4, -0.2) is 53.8 Å². The summed E-state index contributed by atoms with van der Waals surface area (Å²) in [6, 6.07) is 3.55. The molecule has 6 heteroatoms. The Morgan fingerprint density at radius 3 is 2.48 bits per heavy atom. The van der Waals surface area contributed by atoms with Crippen LogP contribution in [0.4, 0.5) is 0 Å². The van der Waals surface area contributed by atoms with Gasteiger partial charge in [0.05, 0.1) is 5.56 Å². The standard InChI is InChI=1S/C15H20N4O2/c1-15(14(21)18(2)3)4-6-19(7-5-15)13(20)12-8-11(9-16)10-17-12/h8,10,17H,4-7H2,1-3H3. The summed E-state index contributed by atoms with van der Waals surface area (Å²) in [5.74, 6) is -0.00269. The van der Waals surface area contributed by atoms with Crippen molar-refractivity contribution in [2.75, 3.05) is 27.2 Å². The molecule has 6 nitrogen and oxygen atoms in total. The van der Waals surface area contributed by atoms with Gasteiger partial charge in [0.25, 0.3) is 5.91 Å². The highest BCUT2D eigenvalue weighted by Gasteiger charge is 2.39. The monoisotopic (exact) mass is 288 g/mol. The average Bonchev–Trinajstić information content (AvgIpc) is 2.95. The van der Waals surface area contributed by atoms with Crippen LogP contribution >= 0.6 is 0 Å². The predicted octanol–water partition coefficient (Wildman–Crippen LogP) is 1.22. The third-order valence-corrected chi connectivity index (χ3v) is 4.12. The van der Waals surface area contributed by atoms with E-state index in [1.54, 1.807) is 30.0 Å². The Hall–Kier alpha value is -2.29. The molecular formula is C15H20N4O2. The fourth-order valence-electron chi connectivity index (χ4n) is 2.71. The van der Waals surface area contributed by atoms with Crippen LogP contribution in [0.3, 0.4) is 0 Å². The van der Waals surface area contributed by atoms with E-state index >= 15 is 0 Å². The Kier molecular flexibility index (Phi) is 4.03. The number of carbonyl (C=O) groups is 2. The van der Waals surface area contributed by atoms with Crippen LogP contribution in [0.15, 0.2) is 12.3 Å². The Bertz CT molecular complexity index is 589. The van der Waals surface area contributed by atoms with E-state index in [2.05, 4.69) is 4.98 Å². The van der Waals surface area contributed by atoms with E-state index in [4.69, 9.17) is 5.26 Å². The first-order valence-corrected chi connectivity index (χ1v) is 6.97. The third kappa shape index (κ3) is 2.92. The fourth-order valence-corrected chi connectivity index (χ4v) is 2.71. The van der Waals surface area contributed by atoms with Gasteiger partial charge in [-0.25, -0.2) is 0 Å². The molecule has 0 radical (unpaired) electrons. The Morgan fingerprint density at radius 1 is 1.38 bits per heavy atom. The number of carbonyl (C=O) groups excluding carboxylic acids is 2. The zero-order chi connectivity index (χ0) is 15.6. The number of rotatable bonds is 2. The van der Waals surface area contributed by atoms with Crippen LogP contribution in [0.5, 0.6) is 0 Å². The van der Waals surface area contributed by atoms with Gasteiger partial charge in [-0.3, -0.25) is 9.59 Å². The van der Waals surface area contributed by atoms with Gasteiger partial charge >= 0.3 is 0 Å². The van der Waals surface area contributed by atoms with Gasteiger partial charge in [0, 0.05) is 38.8 Å². The maximum atomic E-state index is 12.3. The van der Waals surface area contributed by atoms with Gasteiger partial charge in [-0.2, -0.15) is 5.26 Å². The summed E-state index contributed by atoms with van der Waals surface area (Å²) in [5.41, 5.74) is 0.477. The van der Waals surface area contributed by atoms with Gasteiger partial charge in [-0.1, -0.05) is 6.92 Å². The summed E-state index contributed by atoms with van der Waals surface area (Å²) < 4.78 is 0. The normalized spacial score (nSPS) is 17.1. The smallest absolute Gasteiger partial charge is 0.270 e. The maximum absolute atomic E-state index is 12.3. The minimum atomic E-state index is -0.395. The molecule has 0 saturated carbocycles. The van der Waals surface area contributed by atoms with Crippen LogP contribution in [0.1, 0.15) is 35.8 Å².